The van der Waals surface area contributed by atoms with Crippen LogP contribution in [-0.2, 0) is 6.42 Å². The van der Waals surface area contributed by atoms with Crippen LogP contribution < -0.4 is 0 Å². The number of pyridine rings is 1. The van der Waals surface area contributed by atoms with Crippen LogP contribution in [-0.4, -0.2) is 10.1 Å². The summed E-state index contributed by atoms with van der Waals surface area (Å²) in [7, 11) is 0. The van der Waals surface area contributed by atoms with Gasteiger partial charge in [0.25, 0.3) is 0 Å². The predicted octanol–water partition coefficient (Wildman–Crippen LogP) is 1.16. The molecule has 11 heavy (non-hydrogen) atoms. The fourth-order valence-electron chi connectivity index (χ4n) is 0.793. The van der Waals surface area contributed by atoms with Crippen molar-refractivity contribution < 1.29 is 5.11 Å². The Balaban J connectivity index is 3.01. The summed E-state index contributed by atoms with van der Waals surface area (Å²) in [6.45, 7) is 1.84. The second-order valence-corrected chi connectivity index (χ2v) is 2.31. The van der Waals surface area contributed by atoms with Crippen LogP contribution in [0.4, 0.5) is 0 Å². The fourth-order valence-corrected chi connectivity index (χ4v) is 0.793. The van der Waals surface area contributed by atoms with E-state index < -0.39 is 0 Å². The monoisotopic (exact) mass is 148 g/mol. The molecule has 56 valence electrons. The first kappa shape index (κ1) is 7.55. The van der Waals surface area contributed by atoms with Gasteiger partial charge < -0.3 is 5.11 Å². The van der Waals surface area contributed by atoms with Gasteiger partial charge in [0.2, 0.25) is 0 Å². The summed E-state index contributed by atoms with van der Waals surface area (Å²) in [4.78, 5) is 3.90. The number of nitrogens with zero attached hydrogens (tertiary/aromatic N) is 2. The van der Waals surface area contributed by atoms with Crippen LogP contribution in [0.15, 0.2) is 12.3 Å². The summed E-state index contributed by atoms with van der Waals surface area (Å²) < 4.78 is 0. The Kier molecular flexibility index (Phi) is 2.07. The number of rotatable bonds is 1. The minimum atomic E-state index is 0.103. The predicted molar refractivity (Wildman–Crippen MR) is 40.0 cm³/mol. The molecule has 1 rings (SSSR count). The molecule has 1 aromatic rings. The molecular formula is C8H8N2O. The molecule has 0 aliphatic carbocycles. The lowest BCUT2D eigenvalue weighted by Gasteiger charge is -1.98. The third-order valence-electron chi connectivity index (χ3n) is 1.33. The number of nitriles is 1. The van der Waals surface area contributed by atoms with E-state index in [1.165, 1.54) is 0 Å². The van der Waals surface area contributed by atoms with Crippen molar-refractivity contribution in [1.82, 2.24) is 4.98 Å². The SMILES string of the molecule is Cc1cnc(CC#N)c(O)c1. The van der Waals surface area contributed by atoms with Gasteiger partial charge in [0.15, 0.2) is 0 Å². The third-order valence-corrected chi connectivity index (χ3v) is 1.33. The van der Waals surface area contributed by atoms with Crippen LogP contribution in [0.25, 0.3) is 0 Å². The Bertz CT molecular complexity index is 301. The van der Waals surface area contributed by atoms with Crippen LogP contribution >= 0.6 is 0 Å². The normalized spacial score (nSPS) is 9.09. The van der Waals surface area contributed by atoms with Crippen molar-refractivity contribution in [3.05, 3.63) is 23.5 Å². The molecular weight excluding hydrogens is 140 g/mol. The highest BCUT2D eigenvalue weighted by Gasteiger charge is 2.00. The molecule has 0 unspecified atom stereocenters. The molecule has 3 nitrogen and oxygen atoms in total. The number of hydrogen-bond donors (Lipinski definition) is 1. The van der Waals surface area contributed by atoms with E-state index in [1.54, 1.807) is 12.3 Å². The zero-order chi connectivity index (χ0) is 8.27. The van der Waals surface area contributed by atoms with E-state index in [2.05, 4.69) is 4.98 Å². The van der Waals surface area contributed by atoms with Crippen molar-refractivity contribution in [3.8, 4) is 11.8 Å². The fraction of sp³-hybridized carbons (Fsp3) is 0.250. The maximum Gasteiger partial charge on any atom is 0.138 e. The zero-order valence-electron chi connectivity index (χ0n) is 6.20. The van der Waals surface area contributed by atoms with E-state index in [0.717, 1.165) is 5.56 Å². The smallest absolute Gasteiger partial charge is 0.138 e. The Morgan fingerprint density at radius 3 is 3.00 bits per heavy atom. The van der Waals surface area contributed by atoms with Crippen LogP contribution in [0, 0.1) is 18.3 Å². The molecule has 1 aromatic heterocycles. The van der Waals surface area contributed by atoms with Crippen molar-refractivity contribution >= 4 is 0 Å². The topological polar surface area (TPSA) is 56.9 Å². The molecule has 0 spiro atoms. The highest BCUT2D eigenvalue weighted by atomic mass is 16.3. The van der Waals surface area contributed by atoms with Gasteiger partial charge in [-0.2, -0.15) is 5.26 Å². The quantitative estimate of drug-likeness (QED) is 0.650. The van der Waals surface area contributed by atoms with Crippen LogP contribution in [0.3, 0.4) is 0 Å². The molecule has 0 fully saturated rings. The lowest BCUT2D eigenvalue weighted by Crippen LogP contribution is -1.88. The van der Waals surface area contributed by atoms with E-state index in [4.69, 9.17) is 5.26 Å². The van der Waals surface area contributed by atoms with Gasteiger partial charge in [0.05, 0.1) is 18.2 Å². The maximum absolute atomic E-state index is 9.21. The number of aromatic hydroxyl groups is 1. The largest absolute Gasteiger partial charge is 0.506 e. The van der Waals surface area contributed by atoms with E-state index in [1.807, 2.05) is 13.0 Å². The first-order valence-corrected chi connectivity index (χ1v) is 3.25. The molecule has 0 bridgehead atoms. The van der Waals surface area contributed by atoms with E-state index >= 15 is 0 Å². The Labute approximate surface area is 64.9 Å². The van der Waals surface area contributed by atoms with Crippen LogP contribution in [0.2, 0.25) is 0 Å². The highest BCUT2D eigenvalue weighted by molar-refractivity contribution is 5.30. The molecule has 0 aromatic carbocycles. The molecule has 0 saturated heterocycles. The molecule has 0 atom stereocenters. The Morgan fingerprint density at radius 1 is 1.73 bits per heavy atom. The van der Waals surface area contributed by atoms with E-state index in [9.17, 15) is 5.11 Å². The van der Waals surface area contributed by atoms with Gasteiger partial charge in [0.1, 0.15) is 5.75 Å². The summed E-state index contributed by atoms with van der Waals surface area (Å²) in [6.07, 6.45) is 1.79. The second kappa shape index (κ2) is 3.02. The zero-order valence-corrected chi connectivity index (χ0v) is 6.20. The average Bonchev–Trinajstić information content (AvgIpc) is 1.95. The molecule has 1 N–H and O–H groups in total. The Morgan fingerprint density at radius 2 is 2.45 bits per heavy atom. The van der Waals surface area contributed by atoms with E-state index in [-0.39, 0.29) is 12.2 Å². The standard InChI is InChI=1S/C8H8N2O/c1-6-4-8(11)7(2-3-9)10-5-6/h4-5,11H,2H2,1H3. The van der Waals surface area contributed by atoms with Gasteiger partial charge in [-0.05, 0) is 18.6 Å². The maximum atomic E-state index is 9.21. The minimum Gasteiger partial charge on any atom is -0.506 e. The molecule has 0 radical (unpaired) electrons. The summed E-state index contributed by atoms with van der Waals surface area (Å²) in [5.74, 6) is 0.103. The van der Waals surface area contributed by atoms with Gasteiger partial charge in [-0.25, -0.2) is 0 Å². The molecule has 3 heteroatoms. The summed E-state index contributed by atoms with van der Waals surface area (Å²) in [5, 5.41) is 17.5. The van der Waals surface area contributed by atoms with Gasteiger partial charge in [-0.15, -0.1) is 0 Å². The van der Waals surface area contributed by atoms with Crippen LogP contribution in [0.1, 0.15) is 11.3 Å². The first-order chi connectivity index (χ1) is 5.24. The highest BCUT2D eigenvalue weighted by Crippen LogP contribution is 2.15. The van der Waals surface area contributed by atoms with Gasteiger partial charge in [-0.1, -0.05) is 0 Å². The number of aromatic nitrogens is 1. The van der Waals surface area contributed by atoms with E-state index in [0.29, 0.717) is 5.69 Å². The molecule has 0 aliphatic heterocycles. The summed E-state index contributed by atoms with van der Waals surface area (Å²) in [6, 6.07) is 3.52. The van der Waals surface area contributed by atoms with Crippen molar-refractivity contribution in [1.29, 1.82) is 5.26 Å². The minimum absolute atomic E-state index is 0.103. The van der Waals surface area contributed by atoms with Crippen molar-refractivity contribution in [2.75, 3.05) is 0 Å². The lowest BCUT2D eigenvalue weighted by atomic mass is 10.2. The molecule has 1 heterocycles. The van der Waals surface area contributed by atoms with Gasteiger partial charge in [0, 0.05) is 6.20 Å². The van der Waals surface area contributed by atoms with Crippen molar-refractivity contribution in [3.63, 3.8) is 0 Å². The Hall–Kier alpha value is -1.56. The number of aryl methyl sites for hydroxylation is 1. The summed E-state index contributed by atoms with van der Waals surface area (Å²) >= 11 is 0. The average molecular weight is 148 g/mol. The van der Waals surface area contributed by atoms with Gasteiger partial charge >= 0.3 is 0 Å². The summed E-state index contributed by atoms with van der Waals surface area (Å²) in [5.41, 5.74) is 1.34. The second-order valence-electron chi connectivity index (χ2n) is 2.31. The molecule has 0 saturated carbocycles. The first-order valence-electron chi connectivity index (χ1n) is 3.25. The molecule has 0 amide bonds. The third kappa shape index (κ3) is 1.68. The van der Waals surface area contributed by atoms with Crippen LogP contribution in [0.5, 0.6) is 5.75 Å². The van der Waals surface area contributed by atoms with Gasteiger partial charge in [-0.3, -0.25) is 4.98 Å². The van der Waals surface area contributed by atoms with Crippen molar-refractivity contribution in [2.45, 2.75) is 13.3 Å². The molecule has 0 aliphatic rings. The lowest BCUT2D eigenvalue weighted by molar-refractivity contribution is 0.465. The number of hydrogen-bond acceptors (Lipinski definition) is 3. The van der Waals surface area contributed by atoms with Crippen molar-refractivity contribution in [2.24, 2.45) is 0 Å².